The molecule has 0 atom stereocenters. The van der Waals surface area contributed by atoms with Crippen LogP contribution in [0.15, 0.2) is 48.8 Å². The van der Waals surface area contributed by atoms with Gasteiger partial charge < -0.3 is 10.1 Å². The quantitative estimate of drug-likeness (QED) is 0.717. The lowest BCUT2D eigenvalue weighted by atomic mass is 10.2. The molecule has 0 saturated heterocycles. The Bertz CT molecular complexity index is 838. The van der Waals surface area contributed by atoms with Crippen molar-refractivity contribution in [3.05, 3.63) is 65.7 Å². The molecule has 130 valence electrons. The van der Waals surface area contributed by atoms with Crippen molar-refractivity contribution in [1.29, 1.82) is 0 Å². The monoisotopic (exact) mass is 339 g/mol. The Balaban J connectivity index is 1.54. The standard InChI is InChI=1S/C18H21N5O2/c1-3-22-12-15(14(2)20-22)11-19-18(24)17-9-10-23(21-17)13-25-16-7-5-4-6-8-16/h4-10,12H,3,11,13H2,1-2H3,(H,19,24). The Morgan fingerprint density at radius 1 is 1.16 bits per heavy atom. The highest BCUT2D eigenvalue weighted by molar-refractivity contribution is 5.92. The number of para-hydroxylation sites is 1. The maximum absolute atomic E-state index is 12.2. The summed E-state index contributed by atoms with van der Waals surface area (Å²) in [5.41, 5.74) is 2.28. The van der Waals surface area contributed by atoms with E-state index in [1.54, 1.807) is 16.9 Å². The highest BCUT2D eigenvalue weighted by Crippen LogP contribution is 2.09. The van der Waals surface area contributed by atoms with Gasteiger partial charge in [0.1, 0.15) is 11.4 Å². The fraction of sp³-hybridized carbons (Fsp3) is 0.278. The van der Waals surface area contributed by atoms with Gasteiger partial charge in [-0.2, -0.15) is 10.2 Å². The minimum Gasteiger partial charge on any atom is -0.471 e. The first-order valence-corrected chi connectivity index (χ1v) is 8.18. The molecule has 0 saturated carbocycles. The fourth-order valence-electron chi connectivity index (χ4n) is 2.37. The normalized spacial score (nSPS) is 10.6. The van der Waals surface area contributed by atoms with Crippen LogP contribution in [0.1, 0.15) is 28.7 Å². The van der Waals surface area contributed by atoms with E-state index in [9.17, 15) is 4.79 Å². The smallest absolute Gasteiger partial charge is 0.272 e. The van der Waals surface area contributed by atoms with Crippen LogP contribution in [0.25, 0.3) is 0 Å². The van der Waals surface area contributed by atoms with Crippen LogP contribution in [-0.2, 0) is 19.8 Å². The van der Waals surface area contributed by atoms with Gasteiger partial charge in [-0.05, 0) is 32.0 Å². The maximum atomic E-state index is 12.2. The summed E-state index contributed by atoms with van der Waals surface area (Å²) in [6, 6.07) is 11.1. The first kappa shape index (κ1) is 16.8. The summed E-state index contributed by atoms with van der Waals surface area (Å²) in [6.45, 7) is 5.45. The zero-order valence-electron chi connectivity index (χ0n) is 14.3. The van der Waals surface area contributed by atoms with Crippen LogP contribution in [0.4, 0.5) is 0 Å². The highest BCUT2D eigenvalue weighted by atomic mass is 16.5. The second-order valence-corrected chi connectivity index (χ2v) is 5.61. The van der Waals surface area contributed by atoms with Gasteiger partial charge in [-0.1, -0.05) is 18.2 Å². The number of nitrogens with zero attached hydrogens (tertiary/aromatic N) is 4. The molecule has 25 heavy (non-hydrogen) atoms. The van der Waals surface area contributed by atoms with Crippen LogP contribution in [0, 0.1) is 6.92 Å². The van der Waals surface area contributed by atoms with Crippen molar-refractivity contribution in [2.75, 3.05) is 0 Å². The van der Waals surface area contributed by atoms with Gasteiger partial charge in [0.05, 0.1) is 5.69 Å². The molecule has 0 aliphatic carbocycles. The van der Waals surface area contributed by atoms with E-state index in [0.29, 0.717) is 12.2 Å². The van der Waals surface area contributed by atoms with Crippen LogP contribution in [-0.4, -0.2) is 25.5 Å². The lowest BCUT2D eigenvalue weighted by molar-refractivity contribution is 0.0944. The average Bonchev–Trinajstić information content (AvgIpc) is 3.25. The van der Waals surface area contributed by atoms with E-state index in [4.69, 9.17) is 4.74 Å². The molecule has 0 bridgehead atoms. The Labute approximate surface area is 146 Å². The van der Waals surface area contributed by atoms with Crippen molar-refractivity contribution in [2.45, 2.75) is 33.7 Å². The number of benzene rings is 1. The van der Waals surface area contributed by atoms with Gasteiger partial charge in [0.15, 0.2) is 6.73 Å². The maximum Gasteiger partial charge on any atom is 0.272 e. The molecule has 1 amide bonds. The van der Waals surface area contributed by atoms with E-state index in [-0.39, 0.29) is 12.6 Å². The number of aryl methyl sites for hydroxylation is 2. The predicted molar refractivity (Wildman–Crippen MR) is 93.1 cm³/mol. The van der Waals surface area contributed by atoms with Crippen LogP contribution < -0.4 is 10.1 Å². The number of aromatic nitrogens is 4. The minimum atomic E-state index is -0.220. The molecule has 2 aromatic heterocycles. The molecule has 1 aromatic carbocycles. The number of carbonyl (C=O) groups excluding carboxylic acids is 1. The topological polar surface area (TPSA) is 74.0 Å². The Morgan fingerprint density at radius 3 is 2.68 bits per heavy atom. The zero-order chi connectivity index (χ0) is 17.6. The van der Waals surface area contributed by atoms with Crippen LogP contribution in [0.5, 0.6) is 5.75 Å². The van der Waals surface area contributed by atoms with E-state index in [2.05, 4.69) is 15.5 Å². The summed E-state index contributed by atoms with van der Waals surface area (Å²) in [6.07, 6.45) is 3.67. The first-order chi connectivity index (χ1) is 12.2. The molecular weight excluding hydrogens is 318 g/mol. The molecule has 7 heteroatoms. The molecule has 3 rings (SSSR count). The number of carbonyl (C=O) groups is 1. The van der Waals surface area contributed by atoms with Gasteiger partial charge >= 0.3 is 0 Å². The lowest BCUT2D eigenvalue weighted by Gasteiger charge is -2.05. The van der Waals surface area contributed by atoms with Crippen molar-refractivity contribution < 1.29 is 9.53 Å². The fourth-order valence-corrected chi connectivity index (χ4v) is 2.37. The molecule has 7 nitrogen and oxygen atoms in total. The second kappa shape index (κ2) is 7.65. The molecular formula is C18H21N5O2. The summed E-state index contributed by atoms with van der Waals surface area (Å²) in [4.78, 5) is 12.2. The summed E-state index contributed by atoms with van der Waals surface area (Å²) in [5.74, 6) is 0.537. The lowest BCUT2D eigenvalue weighted by Crippen LogP contribution is -2.23. The van der Waals surface area contributed by atoms with E-state index < -0.39 is 0 Å². The number of ether oxygens (including phenoxy) is 1. The number of hydrogen-bond acceptors (Lipinski definition) is 4. The van der Waals surface area contributed by atoms with E-state index in [1.807, 2.05) is 55.1 Å². The molecule has 3 aromatic rings. The summed E-state index contributed by atoms with van der Waals surface area (Å²) < 4.78 is 9.04. The number of amides is 1. The molecule has 1 N–H and O–H groups in total. The Hall–Kier alpha value is -3.09. The molecule has 0 aliphatic rings. The largest absolute Gasteiger partial charge is 0.471 e. The van der Waals surface area contributed by atoms with Crippen LogP contribution in [0.3, 0.4) is 0 Å². The molecule has 0 spiro atoms. The van der Waals surface area contributed by atoms with Crippen LogP contribution in [0.2, 0.25) is 0 Å². The summed E-state index contributed by atoms with van der Waals surface area (Å²) in [7, 11) is 0. The van der Waals surface area contributed by atoms with Gasteiger partial charge in [-0.25, -0.2) is 4.68 Å². The second-order valence-electron chi connectivity index (χ2n) is 5.61. The van der Waals surface area contributed by atoms with Gasteiger partial charge in [-0.15, -0.1) is 0 Å². The van der Waals surface area contributed by atoms with Crippen molar-refractivity contribution in [2.24, 2.45) is 0 Å². The molecule has 0 fully saturated rings. The average molecular weight is 339 g/mol. The number of nitrogens with one attached hydrogen (secondary N) is 1. The minimum absolute atomic E-state index is 0.220. The molecule has 0 radical (unpaired) electrons. The van der Waals surface area contributed by atoms with Crippen molar-refractivity contribution in [3.8, 4) is 5.75 Å². The van der Waals surface area contributed by atoms with Gasteiger partial charge in [-0.3, -0.25) is 9.48 Å². The predicted octanol–water partition coefficient (Wildman–Crippen LogP) is 2.37. The van der Waals surface area contributed by atoms with E-state index >= 15 is 0 Å². The summed E-state index contributed by atoms with van der Waals surface area (Å²) in [5, 5.41) is 11.5. The van der Waals surface area contributed by atoms with Crippen molar-refractivity contribution in [1.82, 2.24) is 24.9 Å². The Kier molecular flexibility index (Phi) is 5.13. The van der Waals surface area contributed by atoms with Crippen LogP contribution >= 0.6 is 0 Å². The zero-order valence-corrected chi connectivity index (χ0v) is 14.3. The van der Waals surface area contributed by atoms with Crippen molar-refractivity contribution >= 4 is 5.91 Å². The third-order valence-electron chi connectivity index (χ3n) is 3.79. The van der Waals surface area contributed by atoms with Gasteiger partial charge in [0, 0.05) is 31.0 Å². The Morgan fingerprint density at radius 2 is 1.96 bits per heavy atom. The van der Waals surface area contributed by atoms with E-state index in [0.717, 1.165) is 23.6 Å². The molecule has 2 heterocycles. The third kappa shape index (κ3) is 4.26. The highest BCUT2D eigenvalue weighted by Gasteiger charge is 2.11. The third-order valence-corrected chi connectivity index (χ3v) is 3.79. The first-order valence-electron chi connectivity index (χ1n) is 8.18. The van der Waals surface area contributed by atoms with Gasteiger partial charge in [0.25, 0.3) is 5.91 Å². The number of hydrogen-bond donors (Lipinski definition) is 1. The van der Waals surface area contributed by atoms with Crippen molar-refractivity contribution in [3.63, 3.8) is 0 Å². The van der Waals surface area contributed by atoms with E-state index in [1.165, 1.54) is 0 Å². The number of rotatable bonds is 7. The SMILES string of the molecule is CCn1cc(CNC(=O)c2ccn(COc3ccccc3)n2)c(C)n1. The molecule has 0 unspecified atom stereocenters. The van der Waals surface area contributed by atoms with Gasteiger partial charge in [0.2, 0.25) is 0 Å². The molecule has 0 aliphatic heterocycles. The summed E-state index contributed by atoms with van der Waals surface area (Å²) >= 11 is 0.